The van der Waals surface area contributed by atoms with Crippen molar-refractivity contribution in [3.63, 3.8) is 0 Å². The van der Waals surface area contributed by atoms with Crippen LogP contribution in [0.3, 0.4) is 0 Å². The van der Waals surface area contributed by atoms with E-state index in [0.29, 0.717) is 13.1 Å². The van der Waals surface area contributed by atoms with E-state index in [9.17, 15) is 8.42 Å². The fourth-order valence-corrected chi connectivity index (χ4v) is 3.78. The third-order valence-corrected chi connectivity index (χ3v) is 5.13. The molecule has 0 unspecified atom stereocenters. The van der Waals surface area contributed by atoms with Gasteiger partial charge in [-0.3, -0.25) is 0 Å². The third-order valence-electron chi connectivity index (χ3n) is 3.31. The number of nitriles is 1. The molecule has 1 aromatic heterocycles. The van der Waals surface area contributed by atoms with Crippen LogP contribution in [0.2, 0.25) is 0 Å². The molecule has 0 saturated carbocycles. The van der Waals surface area contributed by atoms with E-state index in [-0.39, 0.29) is 10.6 Å². The Morgan fingerprint density at radius 1 is 1.10 bits per heavy atom. The van der Waals surface area contributed by atoms with Crippen molar-refractivity contribution in [3.05, 3.63) is 59.4 Å². The molecule has 0 fully saturated rings. The molecule has 100 valence electrons. The van der Waals surface area contributed by atoms with Crippen LogP contribution in [-0.4, -0.2) is 17.7 Å². The zero-order valence-corrected chi connectivity index (χ0v) is 11.3. The van der Waals surface area contributed by atoms with E-state index in [4.69, 9.17) is 5.26 Å². The summed E-state index contributed by atoms with van der Waals surface area (Å²) in [6, 6.07) is 12.4. The first-order valence-electron chi connectivity index (χ1n) is 6.05. The van der Waals surface area contributed by atoms with Gasteiger partial charge in [-0.15, -0.1) is 0 Å². The van der Waals surface area contributed by atoms with Crippen LogP contribution in [0.15, 0.2) is 47.5 Å². The Morgan fingerprint density at radius 2 is 1.75 bits per heavy atom. The normalized spacial score (nSPS) is 14.8. The Morgan fingerprint density at radius 3 is 2.35 bits per heavy atom. The number of fused-ring (bicyclic) bond motifs is 1. The summed E-state index contributed by atoms with van der Waals surface area (Å²) in [5.41, 5.74) is 1.93. The van der Waals surface area contributed by atoms with Crippen molar-refractivity contribution in [1.82, 2.24) is 9.29 Å². The lowest BCUT2D eigenvalue weighted by Crippen LogP contribution is -2.26. The Bertz CT molecular complexity index is 784. The van der Waals surface area contributed by atoms with Gasteiger partial charge in [0.25, 0.3) is 0 Å². The SMILES string of the molecule is N#Cc1ncccc1S(=O)(=O)N1Cc2ccccc2C1. The highest BCUT2D eigenvalue weighted by Gasteiger charge is 2.32. The number of hydrogen-bond donors (Lipinski definition) is 0. The maximum Gasteiger partial charge on any atom is 0.246 e. The fourth-order valence-electron chi connectivity index (χ4n) is 2.29. The summed E-state index contributed by atoms with van der Waals surface area (Å²) in [7, 11) is -3.70. The van der Waals surface area contributed by atoms with Crippen LogP contribution in [0.4, 0.5) is 0 Å². The van der Waals surface area contributed by atoms with Gasteiger partial charge >= 0.3 is 0 Å². The Kier molecular flexibility index (Phi) is 3.01. The maximum atomic E-state index is 12.6. The zero-order chi connectivity index (χ0) is 14.2. The van der Waals surface area contributed by atoms with Gasteiger partial charge in [-0.1, -0.05) is 24.3 Å². The van der Waals surface area contributed by atoms with E-state index in [1.807, 2.05) is 30.3 Å². The lowest BCUT2D eigenvalue weighted by atomic mass is 10.1. The molecule has 6 heteroatoms. The quantitative estimate of drug-likeness (QED) is 0.841. The van der Waals surface area contributed by atoms with E-state index in [1.165, 1.54) is 22.6 Å². The number of pyridine rings is 1. The highest BCUT2D eigenvalue weighted by atomic mass is 32.2. The lowest BCUT2D eigenvalue weighted by molar-refractivity contribution is 0.431. The number of benzene rings is 1. The van der Waals surface area contributed by atoms with Crippen LogP contribution in [0.1, 0.15) is 16.8 Å². The Hall–Kier alpha value is -2.23. The van der Waals surface area contributed by atoms with E-state index < -0.39 is 10.0 Å². The molecule has 3 rings (SSSR count). The molecule has 20 heavy (non-hydrogen) atoms. The van der Waals surface area contributed by atoms with Crippen molar-refractivity contribution in [2.45, 2.75) is 18.0 Å². The van der Waals surface area contributed by atoms with Crippen LogP contribution >= 0.6 is 0 Å². The molecule has 0 aliphatic carbocycles. The zero-order valence-electron chi connectivity index (χ0n) is 10.5. The first-order chi connectivity index (χ1) is 9.63. The molecule has 0 atom stereocenters. The van der Waals surface area contributed by atoms with Gasteiger partial charge in [0, 0.05) is 19.3 Å². The molecular weight excluding hydrogens is 274 g/mol. The predicted molar refractivity (Wildman–Crippen MR) is 71.8 cm³/mol. The predicted octanol–water partition coefficient (Wildman–Crippen LogP) is 1.66. The van der Waals surface area contributed by atoms with Crippen molar-refractivity contribution >= 4 is 10.0 Å². The number of nitrogens with zero attached hydrogens (tertiary/aromatic N) is 3. The molecule has 0 N–H and O–H groups in total. The van der Waals surface area contributed by atoms with E-state index in [0.717, 1.165) is 11.1 Å². The summed E-state index contributed by atoms with van der Waals surface area (Å²) in [6.07, 6.45) is 1.41. The average Bonchev–Trinajstić information content (AvgIpc) is 2.92. The van der Waals surface area contributed by atoms with Gasteiger partial charge < -0.3 is 0 Å². The van der Waals surface area contributed by atoms with Crippen LogP contribution in [-0.2, 0) is 23.1 Å². The van der Waals surface area contributed by atoms with E-state index >= 15 is 0 Å². The molecule has 2 heterocycles. The summed E-state index contributed by atoms with van der Waals surface area (Å²) in [5.74, 6) is 0. The van der Waals surface area contributed by atoms with Gasteiger partial charge in [0.2, 0.25) is 10.0 Å². The lowest BCUT2D eigenvalue weighted by Gasteiger charge is -2.15. The summed E-state index contributed by atoms with van der Waals surface area (Å²) < 4.78 is 26.6. The first kappa shape index (κ1) is 12.8. The second-order valence-corrected chi connectivity index (χ2v) is 6.41. The van der Waals surface area contributed by atoms with Crippen molar-refractivity contribution < 1.29 is 8.42 Å². The monoisotopic (exact) mass is 285 g/mol. The molecule has 1 aliphatic heterocycles. The summed E-state index contributed by atoms with van der Waals surface area (Å²) in [6.45, 7) is 0.663. The molecule has 5 nitrogen and oxygen atoms in total. The average molecular weight is 285 g/mol. The number of hydrogen-bond acceptors (Lipinski definition) is 4. The topological polar surface area (TPSA) is 74.1 Å². The first-order valence-corrected chi connectivity index (χ1v) is 7.49. The van der Waals surface area contributed by atoms with Crippen molar-refractivity contribution in [2.75, 3.05) is 0 Å². The summed E-state index contributed by atoms with van der Waals surface area (Å²) in [4.78, 5) is 3.78. The van der Waals surface area contributed by atoms with Crippen LogP contribution in [0.5, 0.6) is 0 Å². The number of aromatic nitrogens is 1. The van der Waals surface area contributed by atoms with Gasteiger partial charge in [0.05, 0.1) is 0 Å². The molecule has 0 spiro atoms. The highest BCUT2D eigenvalue weighted by molar-refractivity contribution is 7.89. The standard InChI is InChI=1S/C14H11N3O2S/c15-8-13-14(6-3-7-16-13)20(18,19)17-9-11-4-1-2-5-12(11)10-17/h1-7H,9-10H2. The van der Waals surface area contributed by atoms with Crippen molar-refractivity contribution in [3.8, 4) is 6.07 Å². The Balaban J connectivity index is 2.02. The minimum atomic E-state index is -3.70. The van der Waals surface area contributed by atoms with Gasteiger partial charge in [0.15, 0.2) is 5.69 Å². The van der Waals surface area contributed by atoms with Crippen LogP contribution in [0, 0.1) is 11.3 Å². The van der Waals surface area contributed by atoms with Gasteiger partial charge in [-0.2, -0.15) is 9.57 Å². The van der Waals surface area contributed by atoms with Crippen molar-refractivity contribution in [1.29, 1.82) is 5.26 Å². The van der Waals surface area contributed by atoms with Gasteiger partial charge in [0.1, 0.15) is 11.0 Å². The number of rotatable bonds is 2. The molecular formula is C14H11N3O2S. The minimum absolute atomic E-state index is 0.0321. The molecule has 1 aromatic carbocycles. The summed E-state index contributed by atoms with van der Waals surface area (Å²) in [5, 5.41) is 9.00. The Labute approximate surface area is 117 Å². The van der Waals surface area contributed by atoms with Gasteiger partial charge in [-0.05, 0) is 23.3 Å². The van der Waals surface area contributed by atoms with Crippen molar-refractivity contribution in [2.24, 2.45) is 0 Å². The van der Waals surface area contributed by atoms with E-state index in [2.05, 4.69) is 4.98 Å². The minimum Gasteiger partial charge on any atom is -0.244 e. The van der Waals surface area contributed by atoms with Gasteiger partial charge in [-0.25, -0.2) is 13.4 Å². The second-order valence-electron chi connectivity index (χ2n) is 4.50. The third kappa shape index (κ3) is 1.97. The molecule has 0 bridgehead atoms. The molecule has 0 saturated heterocycles. The molecule has 1 aliphatic rings. The molecule has 2 aromatic rings. The second kappa shape index (κ2) is 4.71. The number of sulfonamides is 1. The molecule has 0 amide bonds. The van der Waals surface area contributed by atoms with Crippen LogP contribution in [0.25, 0.3) is 0 Å². The molecule has 0 radical (unpaired) electrons. The fraction of sp³-hybridized carbons (Fsp3) is 0.143. The maximum absolute atomic E-state index is 12.6. The highest BCUT2D eigenvalue weighted by Crippen LogP contribution is 2.29. The van der Waals surface area contributed by atoms with Crippen LogP contribution < -0.4 is 0 Å². The summed E-state index contributed by atoms with van der Waals surface area (Å²) >= 11 is 0. The van der Waals surface area contributed by atoms with E-state index in [1.54, 1.807) is 0 Å². The smallest absolute Gasteiger partial charge is 0.244 e. The largest absolute Gasteiger partial charge is 0.246 e.